The first-order valence-corrected chi connectivity index (χ1v) is 5.30. The molecular weight excluding hydrogens is 238 g/mol. The summed E-state index contributed by atoms with van der Waals surface area (Å²) >= 11 is 0. The van der Waals surface area contributed by atoms with Gasteiger partial charge in [-0.3, -0.25) is 4.79 Å². The fourth-order valence-corrected chi connectivity index (χ4v) is 1.22. The summed E-state index contributed by atoms with van der Waals surface area (Å²) in [5.74, 6) is -0.979. The van der Waals surface area contributed by atoms with Crippen LogP contribution in [0.5, 0.6) is 11.5 Å². The lowest BCUT2D eigenvalue weighted by atomic mass is 10.3. The summed E-state index contributed by atoms with van der Waals surface area (Å²) in [6.45, 7) is 1.02. The predicted molar refractivity (Wildman–Crippen MR) is 61.1 cm³/mol. The third-order valence-electron chi connectivity index (χ3n) is 2.16. The molecule has 0 saturated carbocycles. The van der Waals surface area contributed by atoms with Gasteiger partial charge in [-0.15, -0.1) is 0 Å². The normalized spacial score (nSPS) is 11.4. The average Bonchev–Trinajstić information content (AvgIpc) is 2.36. The molecule has 1 rings (SSSR count). The third kappa shape index (κ3) is 3.97. The van der Waals surface area contributed by atoms with Crippen LogP contribution in [0.2, 0.25) is 0 Å². The van der Waals surface area contributed by atoms with Gasteiger partial charge in [0.25, 0.3) is 5.91 Å². The summed E-state index contributed by atoms with van der Waals surface area (Å²) in [6, 6.07) is 5.79. The highest BCUT2D eigenvalue weighted by atomic mass is 16.5. The second kappa shape index (κ2) is 6.48. The molecule has 0 spiro atoms. The molecule has 6 heteroatoms. The zero-order chi connectivity index (χ0) is 13.5. The summed E-state index contributed by atoms with van der Waals surface area (Å²) in [5.41, 5.74) is 0. The van der Waals surface area contributed by atoms with Crippen LogP contribution in [0.15, 0.2) is 24.3 Å². The van der Waals surface area contributed by atoms with Gasteiger partial charge in [-0.05, 0) is 19.1 Å². The highest BCUT2D eigenvalue weighted by Gasteiger charge is 2.10. The van der Waals surface area contributed by atoms with Crippen molar-refractivity contribution in [1.29, 1.82) is 0 Å². The number of hydrogen-bond acceptors (Lipinski definition) is 5. The highest BCUT2D eigenvalue weighted by molar-refractivity contribution is 5.83. The van der Waals surface area contributed by atoms with Gasteiger partial charge in [0.2, 0.25) is 0 Å². The average molecular weight is 252 g/mol. The first-order chi connectivity index (χ1) is 8.54. The van der Waals surface area contributed by atoms with Gasteiger partial charge in [0.15, 0.2) is 18.1 Å². The van der Waals surface area contributed by atoms with Crippen molar-refractivity contribution >= 4 is 11.9 Å². The van der Waals surface area contributed by atoms with Crippen molar-refractivity contribution in [3.63, 3.8) is 0 Å². The maximum Gasteiger partial charge on any atom is 0.258 e. The minimum absolute atomic E-state index is 0.294. The maximum atomic E-state index is 11.4. The molecule has 0 fully saturated rings. The number of para-hydroxylation sites is 2. The van der Waals surface area contributed by atoms with E-state index in [1.54, 1.807) is 24.3 Å². The molecule has 1 aromatic rings. The molecule has 1 amide bonds. The molecule has 1 atom stereocenters. The number of rotatable bonds is 6. The molecule has 0 saturated heterocycles. The van der Waals surface area contributed by atoms with Crippen molar-refractivity contribution in [3.05, 3.63) is 24.3 Å². The third-order valence-corrected chi connectivity index (χ3v) is 2.16. The van der Waals surface area contributed by atoms with E-state index in [-0.39, 0.29) is 6.61 Å². The largest absolute Gasteiger partial charge is 0.548 e. The molecule has 1 unspecified atom stereocenters. The SMILES string of the molecule is COc1ccccc1OCC(=O)NC(C)C(=O)[O-]. The Hall–Kier alpha value is -2.24. The molecule has 0 aliphatic carbocycles. The van der Waals surface area contributed by atoms with Crippen molar-refractivity contribution in [2.24, 2.45) is 0 Å². The van der Waals surface area contributed by atoms with E-state index in [1.165, 1.54) is 14.0 Å². The molecule has 98 valence electrons. The number of benzene rings is 1. The van der Waals surface area contributed by atoms with Gasteiger partial charge in [0.05, 0.1) is 19.1 Å². The molecule has 0 bridgehead atoms. The molecule has 1 aromatic carbocycles. The molecular formula is C12H14NO5-. The van der Waals surface area contributed by atoms with E-state index >= 15 is 0 Å². The van der Waals surface area contributed by atoms with Crippen LogP contribution in [0.4, 0.5) is 0 Å². The van der Waals surface area contributed by atoms with Gasteiger partial charge in [-0.1, -0.05) is 12.1 Å². The number of hydrogen-bond donors (Lipinski definition) is 1. The van der Waals surface area contributed by atoms with E-state index in [9.17, 15) is 14.7 Å². The predicted octanol–water partition coefficient (Wildman–Crippen LogP) is -0.671. The van der Waals surface area contributed by atoms with Crippen LogP contribution in [0, 0.1) is 0 Å². The summed E-state index contributed by atoms with van der Waals surface area (Å²) in [6.07, 6.45) is 0. The van der Waals surface area contributed by atoms with E-state index in [1.807, 2.05) is 0 Å². The molecule has 0 aliphatic heterocycles. The van der Waals surface area contributed by atoms with Crippen LogP contribution in [0.1, 0.15) is 6.92 Å². The molecule has 0 heterocycles. The maximum absolute atomic E-state index is 11.4. The number of aliphatic carboxylic acids is 1. The van der Waals surface area contributed by atoms with Crippen molar-refractivity contribution in [3.8, 4) is 11.5 Å². The topological polar surface area (TPSA) is 87.7 Å². The number of carbonyl (C=O) groups is 2. The van der Waals surface area contributed by atoms with Crippen molar-refractivity contribution < 1.29 is 24.2 Å². The van der Waals surface area contributed by atoms with Crippen molar-refractivity contribution in [2.75, 3.05) is 13.7 Å². The van der Waals surface area contributed by atoms with Gasteiger partial charge in [-0.25, -0.2) is 0 Å². The standard InChI is InChI=1S/C12H15NO5/c1-8(12(15)16)13-11(14)7-18-10-6-4-3-5-9(10)17-2/h3-6,8H,7H2,1-2H3,(H,13,14)(H,15,16)/p-1. The molecule has 1 N–H and O–H groups in total. The smallest absolute Gasteiger partial charge is 0.258 e. The Kier molecular flexibility index (Phi) is 4.98. The Morgan fingerprint density at radius 2 is 1.94 bits per heavy atom. The van der Waals surface area contributed by atoms with Gasteiger partial charge >= 0.3 is 0 Å². The van der Waals surface area contributed by atoms with Crippen molar-refractivity contribution in [2.45, 2.75) is 13.0 Å². The molecule has 6 nitrogen and oxygen atoms in total. The fraction of sp³-hybridized carbons (Fsp3) is 0.333. The van der Waals surface area contributed by atoms with Gasteiger partial charge in [-0.2, -0.15) is 0 Å². The Morgan fingerprint density at radius 1 is 1.33 bits per heavy atom. The Balaban J connectivity index is 2.50. The zero-order valence-corrected chi connectivity index (χ0v) is 10.1. The fourth-order valence-electron chi connectivity index (χ4n) is 1.22. The minimum atomic E-state index is -1.35. The monoisotopic (exact) mass is 252 g/mol. The van der Waals surface area contributed by atoms with Gasteiger partial charge in [0, 0.05) is 0 Å². The van der Waals surface area contributed by atoms with Crippen LogP contribution < -0.4 is 19.9 Å². The number of carbonyl (C=O) groups excluding carboxylic acids is 2. The van der Waals surface area contributed by atoms with E-state index < -0.39 is 17.9 Å². The summed E-state index contributed by atoms with van der Waals surface area (Å²) in [5, 5.41) is 12.6. The number of carboxylic acid groups (broad SMARTS) is 1. The van der Waals surface area contributed by atoms with E-state index in [0.717, 1.165) is 0 Å². The number of nitrogens with one attached hydrogen (secondary N) is 1. The van der Waals surface area contributed by atoms with Crippen LogP contribution in [0.3, 0.4) is 0 Å². The first kappa shape index (κ1) is 13.8. The molecule has 0 radical (unpaired) electrons. The van der Waals surface area contributed by atoms with Gasteiger partial charge < -0.3 is 24.7 Å². The number of methoxy groups -OCH3 is 1. The lowest BCUT2D eigenvalue weighted by molar-refractivity contribution is -0.307. The Bertz CT molecular complexity index is 432. The number of ether oxygens (including phenoxy) is 2. The van der Waals surface area contributed by atoms with Crippen LogP contribution in [-0.4, -0.2) is 31.6 Å². The number of amides is 1. The minimum Gasteiger partial charge on any atom is -0.548 e. The number of carboxylic acids is 1. The zero-order valence-electron chi connectivity index (χ0n) is 10.1. The molecule has 0 aromatic heterocycles. The highest BCUT2D eigenvalue weighted by Crippen LogP contribution is 2.25. The lowest BCUT2D eigenvalue weighted by Crippen LogP contribution is -2.47. The van der Waals surface area contributed by atoms with Crippen LogP contribution in [-0.2, 0) is 9.59 Å². The first-order valence-electron chi connectivity index (χ1n) is 5.30. The lowest BCUT2D eigenvalue weighted by Gasteiger charge is -2.15. The quantitative estimate of drug-likeness (QED) is 0.725. The Labute approximate surface area is 105 Å². The van der Waals surface area contributed by atoms with Crippen molar-refractivity contribution in [1.82, 2.24) is 5.32 Å². The molecule has 0 aliphatic rings. The Morgan fingerprint density at radius 3 is 2.50 bits per heavy atom. The van der Waals surface area contributed by atoms with Gasteiger partial charge in [0.1, 0.15) is 0 Å². The second-order valence-electron chi connectivity index (χ2n) is 3.55. The second-order valence-corrected chi connectivity index (χ2v) is 3.55. The van der Waals surface area contributed by atoms with E-state index in [2.05, 4.69) is 5.32 Å². The van der Waals surface area contributed by atoms with Crippen LogP contribution >= 0.6 is 0 Å². The molecule has 18 heavy (non-hydrogen) atoms. The van der Waals surface area contributed by atoms with E-state index in [4.69, 9.17) is 9.47 Å². The van der Waals surface area contributed by atoms with E-state index in [0.29, 0.717) is 11.5 Å². The summed E-state index contributed by atoms with van der Waals surface area (Å²) in [4.78, 5) is 21.8. The van der Waals surface area contributed by atoms with Crippen LogP contribution in [0.25, 0.3) is 0 Å². The summed E-state index contributed by atoms with van der Waals surface area (Å²) in [7, 11) is 1.49. The summed E-state index contributed by atoms with van der Waals surface area (Å²) < 4.78 is 10.3.